The van der Waals surface area contributed by atoms with Crippen molar-refractivity contribution in [3.05, 3.63) is 46.3 Å². The number of hydrogen-bond donors (Lipinski definition) is 2. The second kappa shape index (κ2) is 5.56. The molecule has 8 nitrogen and oxygen atoms in total. The Hall–Kier alpha value is -3.16. The maximum atomic E-state index is 12.4. The molecule has 3 rings (SSSR count). The lowest BCUT2D eigenvalue weighted by Gasteiger charge is -2.09. The number of amides is 1. The zero-order valence-corrected chi connectivity index (χ0v) is 12.7. The fraction of sp³-hybridized carbons (Fsp3) is 0.200. The van der Waals surface area contributed by atoms with Crippen molar-refractivity contribution >= 4 is 17.1 Å². The third kappa shape index (κ3) is 2.33. The smallest absolute Gasteiger partial charge is 0.332 e. The molecule has 0 aliphatic carbocycles. The molecular formula is C15H15N5O3. The SMILES string of the molecule is CCc1nc(C(N)=O)c2[nH]c(=O)n(-c3ccccc3OC)c2n1. The first-order valence-corrected chi connectivity index (χ1v) is 7.01. The highest BCUT2D eigenvalue weighted by Crippen LogP contribution is 2.24. The van der Waals surface area contributed by atoms with Crippen molar-refractivity contribution in [1.82, 2.24) is 19.5 Å². The monoisotopic (exact) mass is 313 g/mol. The number of nitrogens with one attached hydrogen (secondary N) is 1. The van der Waals surface area contributed by atoms with Crippen molar-refractivity contribution in [1.29, 1.82) is 0 Å². The Balaban J connectivity index is 2.43. The summed E-state index contributed by atoms with van der Waals surface area (Å²) >= 11 is 0. The molecule has 3 aromatic rings. The fourth-order valence-electron chi connectivity index (χ4n) is 2.40. The third-order valence-electron chi connectivity index (χ3n) is 3.46. The topological polar surface area (TPSA) is 116 Å². The van der Waals surface area contributed by atoms with Crippen molar-refractivity contribution < 1.29 is 9.53 Å². The van der Waals surface area contributed by atoms with Crippen LogP contribution >= 0.6 is 0 Å². The average Bonchev–Trinajstić information content (AvgIpc) is 2.89. The number of rotatable bonds is 4. The summed E-state index contributed by atoms with van der Waals surface area (Å²) < 4.78 is 6.65. The summed E-state index contributed by atoms with van der Waals surface area (Å²) in [6, 6.07) is 7.03. The number of benzene rings is 1. The van der Waals surface area contributed by atoms with Crippen LogP contribution in [0.3, 0.4) is 0 Å². The van der Waals surface area contributed by atoms with Gasteiger partial charge < -0.3 is 15.5 Å². The Morgan fingerprint density at radius 3 is 2.74 bits per heavy atom. The van der Waals surface area contributed by atoms with Gasteiger partial charge in [-0.3, -0.25) is 4.79 Å². The summed E-state index contributed by atoms with van der Waals surface area (Å²) in [5.74, 6) is 0.210. The number of aromatic nitrogens is 4. The number of hydrogen-bond acceptors (Lipinski definition) is 5. The van der Waals surface area contributed by atoms with E-state index in [1.807, 2.05) is 6.92 Å². The van der Waals surface area contributed by atoms with Crippen LogP contribution < -0.4 is 16.2 Å². The summed E-state index contributed by atoms with van der Waals surface area (Å²) in [6.45, 7) is 1.85. The van der Waals surface area contributed by atoms with Crippen LogP contribution in [0.5, 0.6) is 5.75 Å². The third-order valence-corrected chi connectivity index (χ3v) is 3.46. The second-order valence-electron chi connectivity index (χ2n) is 4.84. The molecule has 0 saturated heterocycles. The van der Waals surface area contributed by atoms with Gasteiger partial charge in [-0.2, -0.15) is 0 Å². The molecule has 0 radical (unpaired) electrons. The minimum Gasteiger partial charge on any atom is -0.495 e. The van der Waals surface area contributed by atoms with Gasteiger partial charge in [-0.15, -0.1) is 0 Å². The Morgan fingerprint density at radius 2 is 2.09 bits per heavy atom. The summed E-state index contributed by atoms with van der Waals surface area (Å²) in [6.07, 6.45) is 0.502. The summed E-state index contributed by atoms with van der Waals surface area (Å²) in [7, 11) is 1.51. The van der Waals surface area contributed by atoms with Crippen LogP contribution in [-0.4, -0.2) is 32.5 Å². The highest BCUT2D eigenvalue weighted by molar-refractivity contribution is 6.01. The number of carbonyl (C=O) groups excluding carboxylic acids is 1. The van der Waals surface area contributed by atoms with Gasteiger partial charge in [0.05, 0.1) is 12.8 Å². The van der Waals surface area contributed by atoms with E-state index in [-0.39, 0.29) is 11.2 Å². The molecule has 1 aromatic carbocycles. The number of para-hydroxylation sites is 2. The van der Waals surface area contributed by atoms with Crippen LogP contribution in [0.2, 0.25) is 0 Å². The first kappa shape index (κ1) is 14.8. The largest absolute Gasteiger partial charge is 0.495 e. The molecular weight excluding hydrogens is 298 g/mol. The van der Waals surface area contributed by atoms with Gasteiger partial charge in [0.15, 0.2) is 11.3 Å². The van der Waals surface area contributed by atoms with E-state index < -0.39 is 11.6 Å². The first-order valence-electron chi connectivity index (χ1n) is 7.01. The van der Waals surface area contributed by atoms with E-state index >= 15 is 0 Å². The molecule has 0 aliphatic rings. The minimum atomic E-state index is -0.722. The van der Waals surface area contributed by atoms with Crippen molar-refractivity contribution in [2.45, 2.75) is 13.3 Å². The van der Waals surface area contributed by atoms with Gasteiger partial charge >= 0.3 is 5.69 Å². The number of imidazole rings is 1. The van der Waals surface area contributed by atoms with Crippen molar-refractivity contribution in [3.63, 3.8) is 0 Å². The van der Waals surface area contributed by atoms with Crippen LogP contribution in [-0.2, 0) is 6.42 Å². The van der Waals surface area contributed by atoms with Gasteiger partial charge in [0.25, 0.3) is 5.91 Å². The number of aryl methyl sites for hydroxylation is 1. The van der Waals surface area contributed by atoms with Gasteiger partial charge in [0.1, 0.15) is 17.1 Å². The fourth-order valence-corrected chi connectivity index (χ4v) is 2.40. The highest BCUT2D eigenvalue weighted by atomic mass is 16.5. The Morgan fingerprint density at radius 1 is 1.35 bits per heavy atom. The zero-order valence-electron chi connectivity index (χ0n) is 12.7. The lowest BCUT2D eigenvalue weighted by molar-refractivity contribution is 0.0997. The average molecular weight is 313 g/mol. The van der Waals surface area contributed by atoms with Crippen molar-refractivity contribution in [3.8, 4) is 11.4 Å². The molecule has 0 unspecified atom stereocenters. The van der Waals surface area contributed by atoms with Crippen LogP contribution in [0.1, 0.15) is 23.2 Å². The molecule has 8 heteroatoms. The lowest BCUT2D eigenvalue weighted by atomic mass is 10.2. The summed E-state index contributed by atoms with van der Waals surface area (Å²) in [5.41, 5.74) is 5.94. The summed E-state index contributed by atoms with van der Waals surface area (Å²) in [4.78, 5) is 35.1. The molecule has 0 aliphatic heterocycles. The van der Waals surface area contributed by atoms with E-state index in [2.05, 4.69) is 15.0 Å². The molecule has 0 spiro atoms. The number of carbonyl (C=O) groups is 1. The van der Waals surface area contributed by atoms with Gasteiger partial charge in [-0.25, -0.2) is 19.3 Å². The van der Waals surface area contributed by atoms with Gasteiger partial charge in [-0.05, 0) is 12.1 Å². The highest BCUT2D eigenvalue weighted by Gasteiger charge is 2.20. The molecule has 2 heterocycles. The zero-order chi connectivity index (χ0) is 16.6. The molecule has 0 fully saturated rings. The van der Waals surface area contributed by atoms with Gasteiger partial charge in [-0.1, -0.05) is 19.1 Å². The molecule has 1 amide bonds. The second-order valence-corrected chi connectivity index (χ2v) is 4.84. The number of methoxy groups -OCH3 is 1. The first-order chi connectivity index (χ1) is 11.1. The molecule has 0 saturated carbocycles. The Labute approximate surface area is 130 Å². The molecule has 0 atom stereocenters. The molecule has 3 N–H and O–H groups in total. The normalized spacial score (nSPS) is 10.9. The molecule has 23 heavy (non-hydrogen) atoms. The molecule has 0 bridgehead atoms. The number of primary amides is 1. The van der Waals surface area contributed by atoms with E-state index in [0.29, 0.717) is 29.3 Å². The van der Waals surface area contributed by atoms with Crippen LogP contribution in [0.15, 0.2) is 29.1 Å². The predicted molar refractivity (Wildman–Crippen MR) is 83.9 cm³/mol. The van der Waals surface area contributed by atoms with E-state index in [1.165, 1.54) is 11.7 Å². The van der Waals surface area contributed by atoms with Crippen molar-refractivity contribution in [2.24, 2.45) is 5.73 Å². The lowest BCUT2D eigenvalue weighted by Crippen LogP contribution is -2.16. The van der Waals surface area contributed by atoms with E-state index in [1.54, 1.807) is 24.3 Å². The standard InChI is InChI=1S/C15H15N5O3/c1-3-10-17-11(13(16)21)12-14(18-10)20(15(22)19-12)8-6-4-5-7-9(8)23-2/h4-7H,3H2,1-2H3,(H2,16,21)(H,19,22). The Kier molecular flexibility index (Phi) is 3.57. The number of fused-ring (bicyclic) bond motifs is 1. The van der Waals surface area contributed by atoms with Crippen molar-refractivity contribution in [2.75, 3.05) is 7.11 Å². The number of H-pyrrole nitrogens is 1. The quantitative estimate of drug-likeness (QED) is 0.738. The van der Waals surface area contributed by atoms with Crippen LogP contribution in [0.25, 0.3) is 16.9 Å². The van der Waals surface area contributed by atoms with Crippen LogP contribution in [0, 0.1) is 0 Å². The minimum absolute atomic E-state index is 0.00222. The maximum Gasteiger partial charge on any atom is 0.332 e. The molecule has 2 aromatic heterocycles. The number of aromatic amines is 1. The maximum absolute atomic E-state index is 12.4. The molecule has 118 valence electrons. The number of nitrogens with zero attached hydrogens (tertiary/aromatic N) is 3. The van der Waals surface area contributed by atoms with E-state index in [9.17, 15) is 9.59 Å². The van der Waals surface area contributed by atoms with Crippen LogP contribution in [0.4, 0.5) is 0 Å². The number of nitrogens with two attached hydrogens (primary N) is 1. The van der Waals surface area contributed by atoms with E-state index in [4.69, 9.17) is 10.5 Å². The van der Waals surface area contributed by atoms with Gasteiger partial charge in [0.2, 0.25) is 0 Å². The van der Waals surface area contributed by atoms with Gasteiger partial charge in [0, 0.05) is 6.42 Å². The number of ether oxygens (including phenoxy) is 1. The predicted octanol–water partition coefficient (Wildman–Crippen LogP) is 0.779. The van der Waals surface area contributed by atoms with E-state index in [0.717, 1.165) is 0 Å². The summed E-state index contributed by atoms with van der Waals surface area (Å²) in [5, 5.41) is 0. The Bertz CT molecular complexity index is 957.